The Labute approximate surface area is 83.2 Å². The van der Waals surface area contributed by atoms with Crippen LogP contribution in [0.15, 0.2) is 0 Å². The monoisotopic (exact) mass is 196 g/mol. The van der Waals surface area contributed by atoms with Crippen molar-refractivity contribution in [2.45, 2.75) is 74.8 Å². The summed E-state index contributed by atoms with van der Waals surface area (Å²) in [6.45, 7) is 0. The molecule has 0 N–H and O–H groups in total. The molecule has 0 aliphatic heterocycles. The molecule has 0 aromatic carbocycles. The van der Waals surface area contributed by atoms with Crippen molar-refractivity contribution in [2.24, 2.45) is 0 Å². The molecule has 3 aliphatic carbocycles. The summed E-state index contributed by atoms with van der Waals surface area (Å²) in [4.78, 5) is 0. The molecule has 0 amide bonds. The Morgan fingerprint density at radius 1 is 0.538 bits per heavy atom. The molecule has 0 atom stereocenters. The zero-order valence-corrected chi connectivity index (χ0v) is 9.44. The largest absolute Gasteiger partial charge is 0.0971 e. The van der Waals surface area contributed by atoms with Crippen molar-refractivity contribution in [1.82, 2.24) is 0 Å². The van der Waals surface area contributed by atoms with Crippen molar-refractivity contribution in [3.63, 3.8) is 0 Å². The zero-order valence-electron chi connectivity index (χ0n) is 8.54. The van der Waals surface area contributed by atoms with Crippen LogP contribution >= 0.6 is 7.92 Å². The van der Waals surface area contributed by atoms with Gasteiger partial charge < -0.3 is 0 Å². The Morgan fingerprint density at radius 3 is 1.00 bits per heavy atom. The maximum Gasteiger partial charge on any atom is -0.0204 e. The van der Waals surface area contributed by atoms with Crippen LogP contribution in [0.5, 0.6) is 0 Å². The third-order valence-corrected chi connectivity index (χ3v) is 8.57. The van der Waals surface area contributed by atoms with E-state index >= 15 is 0 Å². The third-order valence-electron chi connectivity index (χ3n) is 4.49. The van der Waals surface area contributed by atoms with E-state index in [1.165, 1.54) is 17.0 Å². The van der Waals surface area contributed by atoms with E-state index in [4.69, 9.17) is 0 Å². The first-order valence-corrected chi connectivity index (χ1v) is 7.77. The zero-order chi connectivity index (χ0) is 8.67. The highest BCUT2D eigenvalue weighted by molar-refractivity contribution is 7.60. The maximum atomic E-state index is 1.61. The van der Waals surface area contributed by atoms with Crippen molar-refractivity contribution in [3.8, 4) is 0 Å². The fourth-order valence-electron chi connectivity index (χ4n) is 2.95. The maximum absolute atomic E-state index is 1.61. The molecule has 0 aromatic heterocycles. The number of hydrogen-bond donors (Lipinski definition) is 0. The molecule has 0 spiro atoms. The summed E-state index contributed by atoms with van der Waals surface area (Å²) in [5.74, 6) is 0. The molecule has 3 rings (SSSR count). The second-order valence-electron chi connectivity index (χ2n) is 5.20. The topological polar surface area (TPSA) is 0 Å². The Balaban J connectivity index is 1.64. The van der Waals surface area contributed by atoms with Crippen LogP contribution in [0.2, 0.25) is 0 Å². The number of rotatable bonds is 3. The van der Waals surface area contributed by atoms with Crippen LogP contribution in [0.25, 0.3) is 0 Å². The minimum Gasteiger partial charge on any atom is -0.0971 e. The molecule has 0 unspecified atom stereocenters. The lowest BCUT2D eigenvalue weighted by Gasteiger charge is -2.49. The number of hydrogen-bond acceptors (Lipinski definition) is 0. The van der Waals surface area contributed by atoms with Gasteiger partial charge in [-0.3, -0.25) is 0 Å². The van der Waals surface area contributed by atoms with E-state index in [9.17, 15) is 0 Å². The van der Waals surface area contributed by atoms with E-state index in [0.717, 1.165) is 0 Å². The van der Waals surface area contributed by atoms with Crippen molar-refractivity contribution >= 4 is 7.92 Å². The van der Waals surface area contributed by atoms with E-state index in [-0.39, 0.29) is 0 Å². The van der Waals surface area contributed by atoms with Gasteiger partial charge in [-0.2, -0.15) is 0 Å². The lowest BCUT2D eigenvalue weighted by Crippen LogP contribution is -2.34. The molecule has 0 aromatic rings. The van der Waals surface area contributed by atoms with Gasteiger partial charge in [-0.25, -0.2) is 0 Å². The van der Waals surface area contributed by atoms with E-state index in [1.807, 2.05) is 0 Å². The summed E-state index contributed by atoms with van der Waals surface area (Å²) in [5, 5.41) is 0. The van der Waals surface area contributed by atoms with Crippen molar-refractivity contribution in [1.29, 1.82) is 0 Å². The smallest absolute Gasteiger partial charge is 0.0204 e. The fourth-order valence-corrected chi connectivity index (χ4v) is 7.62. The van der Waals surface area contributed by atoms with E-state index in [2.05, 4.69) is 0 Å². The van der Waals surface area contributed by atoms with E-state index in [1.54, 1.807) is 57.8 Å². The van der Waals surface area contributed by atoms with E-state index in [0.29, 0.717) is 7.92 Å². The molecule has 74 valence electrons. The lowest BCUT2D eigenvalue weighted by atomic mass is 9.97. The average molecular weight is 196 g/mol. The molecule has 0 bridgehead atoms. The van der Waals surface area contributed by atoms with Gasteiger partial charge >= 0.3 is 0 Å². The van der Waals surface area contributed by atoms with Gasteiger partial charge in [0.05, 0.1) is 0 Å². The Hall–Kier alpha value is 0.430. The van der Waals surface area contributed by atoms with Crippen LogP contribution < -0.4 is 0 Å². The standard InChI is InChI=1S/C12H21P/c1-4-10(5-1)13(11-6-2-7-11)12-8-3-9-12/h10-12H,1-9H2. The molecule has 0 radical (unpaired) electrons. The molecule has 3 saturated carbocycles. The molecule has 1 heteroatoms. The normalized spacial score (nSPS) is 31.2. The van der Waals surface area contributed by atoms with Gasteiger partial charge in [0.15, 0.2) is 0 Å². The predicted molar refractivity (Wildman–Crippen MR) is 59.8 cm³/mol. The molecule has 13 heavy (non-hydrogen) atoms. The van der Waals surface area contributed by atoms with Crippen LogP contribution in [0, 0.1) is 0 Å². The summed E-state index contributed by atoms with van der Waals surface area (Å²) in [7, 11) is 0.516. The second-order valence-corrected chi connectivity index (χ2v) is 8.29. The summed E-state index contributed by atoms with van der Waals surface area (Å²) in [5.41, 5.74) is 3.72. The van der Waals surface area contributed by atoms with Gasteiger partial charge in [-0.15, -0.1) is 0 Å². The highest BCUT2D eigenvalue weighted by Crippen LogP contribution is 2.66. The summed E-state index contributed by atoms with van der Waals surface area (Å²) in [6.07, 6.45) is 14.3. The van der Waals surface area contributed by atoms with Gasteiger partial charge in [0.25, 0.3) is 0 Å². The Morgan fingerprint density at radius 2 is 0.846 bits per heavy atom. The average Bonchev–Trinajstić information content (AvgIpc) is 1.73. The summed E-state index contributed by atoms with van der Waals surface area (Å²) in [6, 6.07) is 0. The minimum absolute atomic E-state index is 0.516. The molecule has 0 nitrogen and oxygen atoms in total. The third kappa shape index (κ3) is 1.46. The first kappa shape index (κ1) is 8.72. The van der Waals surface area contributed by atoms with Crippen LogP contribution in [0.4, 0.5) is 0 Å². The SMILES string of the molecule is C1CC(P(C2CCC2)C2CCC2)C1. The van der Waals surface area contributed by atoms with Crippen LogP contribution in [-0.4, -0.2) is 17.0 Å². The molecule has 0 saturated heterocycles. The van der Waals surface area contributed by atoms with Gasteiger partial charge in [0.2, 0.25) is 0 Å². The second kappa shape index (κ2) is 3.54. The Bertz CT molecular complexity index is 144. The van der Waals surface area contributed by atoms with Crippen molar-refractivity contribution in [3.05, 3.63) is 0 Å². The van der Waals surface area contributed by atoms with Gasteiger partial charge in [-0.1, -0.05) is 27.2 Å². The van der Waals surface area contributed by atoms with E-state index < -0.39 is 0 Å². The first-order valence-electron chi connectivity index (χ1n) is 6.22. The molecule has 3 aliphatic rings. The van der Waals surface area contributed by atoms with Gasteiger partial charge in [-0.05, 0) is 55.5 Å². The van der Waals surface area contributed by atoms with Crippen LogP contribution in [0.1, 0.15) is 57.8 Å². The molecule has 0 heterocycles. The predicted octanol–water partition coefficient (Wildman–Crippen LogP) is 4.13. The van der Waals surface area contributed by atoms with Crippen molar-refractivity contribution in [2.75, 3.05) is 0 Å². The minimum atomic E-state index is 0.516. The van der Waals surface area contributed by atoms with Crippen LogP contribution in [-0.2, 0) is 0 Å². The quantitative estimate of drug-likeness (QED) is 0.595. The summed E-state index contributed by atoms with van der Waals surface area (Å²) < 4.78 is 0. The molecular weight excluding hydrogens is 175 g/mol. The van der Waals surface area contributed by atoms with Gasteiger partial charge in [0, 0.05) is 0 Å². The lowest BCUT2D eigenvalue weighted by molar-refractivity contribution is 0.441. The molecule has 3 fully saturated rings. The van der Waals surface area contributed by atoms with Crippen molar-refractivity contribution < 1.29 is 0 Å². The summed E-state index contributed by atoms with van der Waals surface area (Å²) >= 11 is 0. The van der Waals surface area contributed by atoms with Gasteiger partial charge in [0.1, 0.15) is 0 Å². The first-order chi connectivity index (χ1) is 6.45. The highest BCUT2D eigenvalue weighted by atomic mass is 31.1. The molecular formula is C12H21P. The fraction of sp³-hybridized carbons (Fsp3) is 1.00. The highest BCUT2D eigenvalue weighted by Gasteiger charge is 2.41. The van der Waals surface area contributed by atoms with Crippen LogP contribution in [0.3, 0.4) is 0 Å². The Kier molecular flexibility index (Phi) is 2.37.